The molecular weight excluding hydrogens is 324 g/mol. The van der Waals surface area contributed by atoms with Crippen LogP contribution in [-0.4, -0.2) is 56.8 Å². The Hall–Kier alpha value is -0.960. The molecule has 23 heavy (non-hydrogen) atoms. The lowest BCUT2D eigenvalue weighted by atomic mass is 9.92. The van der Waals surface area contributed by atoms with Crippen molar-refractivity contribution < 1.29 is 32.0 Å². The lowest BCUT2D eigenvalue weighted by Crippen LogP contribution is -2.46. The van der Waals surface area contributed by atoms with Crippen molar-refractivity contribution in [2.45, 2.75) is 64.4 Å². The molecule has 0 aromatic carbocycles. The van der Waals surface area contributed by atoms with Crippen molar-refractivity contribution >= 4 is 16.1 Å². The van der Waals surface area contributed by atoms with Gasteiger partial charge in [-0.05, 0) is 25.8 Å². The van der Waals surface area contributed by atoms with E-state index >= 15 is 0 Å². The average Bonchev–Trinajstić information content (AvgIpc) is 2.46. The maximum Gasteiger partial charge on any atom is 0.333 e. The molecular formula is C15H26O7S. The number of rotatable bonds is 8. The topological polar surface area (TPSA) is 99.1 Å². The van der Waals surface area contributed by atoms with Gasteiger partial charge in [-0.15, -0.1) is 0 Å². The minimum Gasteiger partial charge on any atom is -0.463 e. The molecule has 0 spiro atoms. The van der Waals surface area contributed by atoms with E-state index in [1.807, 2.05) is 13.8 Å². The summed E-state index contributed by atoms with van der Waals surface area (Å²) in [4.78, 5) is 12.0. The summed E-state index contributed by atoms with van der Waals surface area (Å²) in [5.41, 5.74) is 0.252. The number of hydrogen-bond acceptors (Lipinski definition) is 7. The molecule has 3 atom stereocenters. The molecule has 1 aliphatic rings. The van der Waals surface area contributed by atoms with Crippen molar-refractivity contribution in [3.63, 3.8) is 0 Å². The lowest BCUT2D eigenvalue weighted by Gasteiger charge is -2.34. The zero-order valence-corrected chi connectivity index (χ0v) is 14.8. The summed E-state index contributed by atoms with van der Waals surface area (Å²) >= 11 is 0. The molecule has 7 nitrogen and oxygen atoms in total. The summed E-state index contributed by atoms with van der Waals surface area (Å²) in [5.74, 6) is -0.556. The molecule has 1 N–H and O–H groups in total. The third-order valence-corrected chi connectivity index (χ3v) is 4.20. The fraction of sp³-hybridized carbons (Fsp3) is 0.800. The third-order valence-electron chi connectivity index (χ3n) is 3.60. The van der Waals surface area contributed by atoms with Gasteiger partial charge in [0.15, 0.2) is 0 Å². The van der Waals surface area contributed by atoms with E-state index in [2.05, 4.69) is 0 Å². The third kappa shape index (κ3) is 6.21. The monoisotopic (exact) mass is 350 g/mol. The maximum atomic E-state index is 12.0. The molecule has 0 aromatic heterocycles. The van der Waals surface area contributed by atoms with Gasteiger partial charge in [-0.3, -0.25) is 4.18 Å². The minimum absolute atomic E-state index is 0.0458. The standard InChI is InChI=1S/C15H26O7S/c1-5-11(6-2)21-12-8-10(15(17)20-7-3)9-13(14(12)16)22-23(4,18)19/h8,11-14,16H,5-7,9H2,1-4H3/t12-,13-,14-/m0/s1. The van der Waals surface area contributed by atoms with Gasteiger partial charge in [0.1, 0.15) is 18.3 Å². The molecule has 134 valence electrons. The van der Waals surface area contributed by atoms with Gasteiger partial charge >= 0.3 is 5.97 Å². The van der Waals surface area contributed by atoms with Crippen molar-refractivity contribution in [1.82, 2.24) is 0 Å². The van der Waals surface area contributed by atoms with Gasteiger partial charge in [0, 0.05) is 12.0 Å². The number of carbonyl (C=O) groups excluding carboxylic acids is 1. The lowest BCUT2D eigenvalue weighted by molar-refractivity contribution is -0.140. The van der Waals surface area contributed by atoms with Gasteiger partial charge in [0.2, 0.25) is 0 Å². The van der Waals surface area contributed by atoms with Crippen molar-refractivity contribution in [2.24, 2.45) is 0 Å². The molecule has 0 saturated carbocycles. The summed E-state index contributed by atoms with van der Waals surface area (Å²) in [6.45, 7) is 5.78. The highest BCUT2D eigenvalue weighted by Crippen LogP contribution is 2.27. The van der Waals surface area contributed by atoms with Gasteiger partial charge in [-0.2, -0.15) is 8.42 Å². The number of ether oxygens (including phenoxy) is 2. The van der Waals surface area contributed by atoms with E-state index in [0.29, 0.717) is 0 Å². The van der Waals surface area contributed by atoms with Crippen molar-refractivity contribution in [1.29, 1.82) is 0 Å². The Labute approximate surface area is 137 Å². The highest BCUT2D eigenvalue weighted by molar-refractivity contribution is 7.86. The Morgan fingerprint density at radius 3 is 2.43 bits per heavy atom. The van der Waals surface area contributed by atoms with E-state index in [4.69, 9.17) is 13.7 Å². The molecule has 1 aliphatic carbocycles. The second-order valence-electron chi connectivity index (χ2n) is 5.49. The van der Waals surface area contributed by atoms with Crippen molar-refractivity contribution in [3.05, 3.63) is 11.6 Å². The number of hydrogen-bond donors (Lipinski definition) is 1. The maximum absolute atomic E-state index is 12.0. The van der Waals surface area contributed by atoms with Crippen LogP contribution in [0.2, 0.25) is 0 Å². The van der Waals surface area contributed by atoms with Crippen LogP contribution in [0.3, 0.4) is 0 Å². The Kier molecular flexibility index (Phi) is 7.66. The van der Waals surface area contributed by atoms with Crippen molar-refractivity contribution in [3.8, 4) is 0 Å². The summed E-state index contributed by atoms with van der Waals surface area (Å²) in [7, 11) is -3.78. The normalized spacial score (nSPS) is 25.3. The molecule has 0 saturated heterocycles. The molecule has 8 heteroatoms. The number of aliphatic hydroxyl groups excluding tert-OH is 1. The Balaban J connectivity index is 3.03. The first kappa shape index (κ1) is 20.1. The molecule has 0 fully saturated rings. The van der Waals surface area contributed by atoms with Gasteiger partial charge < -0.3 is 14.6 Å². The first-order valence-corrected chi connectivity index (χ1v) is 9.63. The van der Waals surface area contributed by atoms with Crippen LogP contribution in [0.1, 0.15) is 40.0 Å². The van der Waals surface area contributed by atoms with E-state index < -0.39 is 34.4 Å². The number of esters is 1. The van der Waals surface area contributed by atoms with Crippen LogP contribution < -0.4 is 0 Å². The van der Waals surface area contributed by atoms with Crippen LogP contribution in [0.15, 0.2) is 11.6 Å². The summed E-state index contributed by atoms with van der Waals surface area (Å²) in [6, 6.07) is 0. The smallest absolute Gasteiger partial charge is 0.333 e. The van der Waals surface area contributed by atoms with Crippen molar-refractivity contribution in [2.75, 3.05) is 12.9 Å². The molecule has 0 amide bonds. The van der Waals surface area contributed by atoms with Crippen LogP contribution in [0, 0.1) is 0 Å². The highest BCUT2D eigenvalue weighted by Gasteiger charge is 2.38. The Morgan fingerprint density at radius 1 is 1.35 bits per heavy atom. The molecule has 0 radical (unpaired) electrons. The quantitative estimate of drug-likeness (QED) is 0.518. The summed E-state index contributed by atoms with van der Waals surface area (Å²) in [6.07, 6.45) is 0.654. The first-order valence-electron chi connectivity index (χ1n) is 7.81. The zero-order chi connectivity index (χ0) is 17.6. The summed E-state index contributed by atoms with van der Waals surface area (Å²) in [5, 5.41) is 10.4. The second kappa shape index (κ2) is 8.77. The Bertz CT molecular complexity index is 522. The average molecular weight is 350 g/mol. The largest absolute Gasteiger partial charge is 0.463 e. The SMILES string of the molecule is CCOC(=O)C1=C[C@H](OC(CC)CC)[C@H](O)[C@@H](OS(C)(=O)=O)C1. The molecule has 0 heterocycles. The zero-order valence-electron chi connectivity index (χ0n) is 14.0. The van der Waals surface area contributed by atoms with E-state index in [0.717, 1.165) is 19.1 Å². The van der Waals surface area contributed by atoms with Crippen LogP contribution in [0.25, 0.3) is 0 Å². The highest BCUT2D eigenvalue weighted by atomic mass is 32.2. The van der Waals surface area contributed by atoms with Crippen LogP contribution in [0.5, 0.6) is 0 Å². The molecule has 0 aromatic rings. The van der Waals surface area contributed by atoms with E-state index in [-0.39, 0.29) is 24.7 Å². The Morgan fingerprint density at radius 2 is 1.96 bits per heavy atom. The predicted octanol–water partition coefficient (Wildman–Crippen LogP) is 1.16. The van der Waals surface area contributed by atoms with Crippen LogP contribution in [0.4, 0.5) is 0 Å². The molecule has 1 rings (SSSR count). The fourth-order valence-electron chi connectivity index (χ4n) is 2.43. The summed E-state index contributed by atoms with van der Waals surface area (Å²) < 4.78 is 38.4. The van der Waals surface area contributed by atoms with Gasteiger partial charge in [-0.1, -0.05) is 13.8 Å². The van der Waals surface area contributed by atoms with Crippen LogP contribution in [-0.2, 0) is 28.6 Å². The predicted molar refractivity (Wildman–Crippen MR) is 84.3 cm³/mol. The molecule has 0 bridgehead atoms. The second-order valence-corrected chi connectivity index (χ2v) is 7.09. The van der Waals surface area contributed by atoms with Gasteiger partial charge in [0.05, 0.1) is 19.0 Å². The minimum atomic E-state index is -3.78. The number of aliphatic hydroxyl groups is 1. The number of carbonyl (C=O) groups is 1. The molecule has 0 aliphatic heterocycles. The van der Waals surface area contributed by atoms with E-state index in [9.17, 15) is 18.3 Å². The van der Waals surface area contributed by atoms with E-state index in [1.165, 1.54) is 6.08 Å². The molecule has 0 unspecified atom stereocenters. The van der Waals surface area contributed by atoms with E-state index in [1.54, 1.807) is 6.92 Å². The van der Waals surface area contributed by atoms with Gasteiger partial charge in [0.25, 0.3) is 10.1 Å². The van der Waals surface area contributed by atoms with Gasteiger partial charge in [-0.25, -0.2) is 4.79 Å². The fourth-order valence-corrected chi connectivity index (χ4v) is 3.06. The van der Waals surface area contributed by atoms with Crippen LogP contribution >= 0.6 is 0 Å². The first-order chi connectivity index (χ1) is 10.7.